The molecule has 0 aliphatic rings. The molecule has 3 N–H and O–H groups in total. The van der Waals surface area contributed by atoms with E-state index in [0.29, 0.717) is 11.5 Å². The van der Waals surface area contributed by atoms with Crippen molar-refractivity contribution in [2.24, 2.45) is 0 Å². The Labute approximate surface area is 147 Å². The van der Waals surface area contributed by atoms with Gasteiger partial charge in [-0.2, -0.15) is 0 Å². The molecule has 130 valence electrons. The molecule has 0 unspecified atom stereocenters. The molecule has 0 bridgehead atoms. The number of pyridine rings is 1. The molecule has 0 radical (unpaired) electrons. The smallest absolute Gasteiger partial charge is 0.281 e. The highest BCUT2D eigenvalue weighted by Gasteiger charge is 2.08. The number of hydrogen-bond donors (Lipinski definition) is 3. The quantitative estimate of drug-likeness (QED) is 0.504. The normalized spacial score (nSPS) is 10.9. The molecule has 3 heterocycles. The van der Waals surface area contributed by atoms with E-state index in [0.717, 1.165) is 11.0 Å². The minimum Gasteiger partial charge on any atom is -0.370 e. The van der Waals surface area contributed by atoms with Gasteiger partial charge in [-0.1, -0.05) is 18.2 Å². The fraction of sp³-hybridized carbons (Fsp3) is 0.111. The summed E-state index contributed by atoms with van der Waals surface area (Å²) in [6.07, 6.45) is 3.07. The Hall–Kier alpha value is -3.68. The first-order valence-corrected chi connectivity index (χ1v) is 8.11. The monoisotopic (exact) mass is 348 g/mol. The van der Waals surface area contributed by atoms with Gasteiger partial charge in [0.1, 0.15) is 17.2 Å². The van der Waals surface area contributed by atoms with Crippen molar-refractivity contribution in [3.05, 3.63) is 71.0 Å². The SMILES string of the molecule is O=C(CNc1cnc2ccccn2c1=O)NCc1nc2ccccc2[nH]1. The van der Waals surface area contributed by atoms with Crippen molar-refractivity contribution in [1.29, 1.82) is 0 Å². The largest absolute Gasteiger partial charge is 0.370 e. The number of aromatic nitrogens is 4. The predicted octanol–water partition coefficient (Wildman–Crippen LogP) is 1.30. The number of carbonyl (C=O) groups excluding carboxylic acids is 1. The number of fused-ring (bicyclic) bond motifs is 2. The summed E-state index contributed by atoms with van der Waals surface area (Å²) in [6, 6.07) is 13.0. The van der Waals surface area contributed by atoms with Gasteiger partial charge in [0.05, 0.1) is 30.3 Å². The molecule has 4 rings (SSSR count). The number of carbonyl (C=O) groups is 1. The van der Waals surface area contributed by atoms with Gasteiger partial charge >= 0.3 is 0 Å². The summed E-state index contributed by atoms with van der Waals surface area (Å²) in [6.45, 7) is 0.250. The summed E-state index contributed by atoms with van der Waals surface area (Å²) in [7, 11) is 0. The van der Waals surface area contributed by atoms with Crippen LogP contribution in [0.4, 0.5) is 5.69 Å². The van der Waals surface area contributed by atoms with Gasteiger partial charge in [-0.15, -0.1) is 0 Å². The minimum absolute atomic E-state index is 0.0317. The number of amides is 1. The Kier molecular flexibility index (Phi) is 4.06. The van der Waals surface area contributed by atoms with Crippen LogP contribution in [0.25, 0.3) is 16.7 Å². The Morgan fingerprint density at radius 2 is 2.00 bits per heavy atom. The predicted molar refractivity (Wildman–Crippen MR) is 97.9 cm³/mol. The molecule has 0 saturated carbocycles. The van der Waals surface area contributed by atoms with Crippen LogP contribution >= 0.6 is 0 Å². The van der Waals surface area contributed by atoms with Gasteiger partial charge < -0.3 is 15.6 Å². The van der Waals surface area contributed by atoms with Crippen LogP contribution in [0.2, 0.25) is 0 Å². The van der Waals surface area contributed by atoms with Crippen LogP contribution in [-0.2, 0) is 11.3 Å². The molecule has 0 fully saturated rings. The van der Waals surface area contributed by atoms with Gasteiger partial charge in [0.25, 0.3) is 5.56 Å². The van der Waals surface area contributed by atoms with Crippen molar-refractivity contribution < 1.29 is 4.79 Å². The highest BCUT2D eigenvalue weighted by Crippen LogP contribution is 2.09. The number of aromatic amines is 1. The summed E-state index contributed by atoms with van der Waals surface area (Å²) >= 11 is 0. The zero-order valence-corrected chi connectivity index (χ0v) is 13.8. The van der Waals surface area contributed by atoms with E-state index in [1.165, 1.54) is 10.6 Å². The van der Waals surface area contributed by atoms with Crippen molar-refractivity contribution in [2.75, 3.05) is 11.9 Å². The van der Waals surface area contributed by atoms with Gasteiger partial charge in [0, 0.05) is 6.20 Å². The second kappa shape index (κ2) is 6.67. The number of para-hydroxylation sites is 2. The van der Waals surface area contributed by atoms with Crippen LogP contribution in [0, 0.1) is 0 Å². The fourth-order valence-electron chi connectivity index (χ4n) is 2.66. The molecule has 8 nitrogen and oxygen atoms in total. The topological polar surface area (TPSA) is 104 Å². The van der Waals surface area contributed by atoms with Gasteiger partial charge in [-0.3, -0.25) is 14.0 Å². The molecule has 4 aromatic rings. The molecule has 0 atom stereocenters. The van der Waals surface area contributed by atoms with Crippen molar-refractivity contribution in [2.45, 2.75) is 6.54 Å². The van der Waals surface area contributed by atoms with Crippen LogP contribution in [0.5, 0.6) is 0 Å². The average molecular weight is 348 g/mol. The first kappa shape index (κ1) is 15.8. The average Bonchev–Trinajstić information content (AvgIpc) is 3.09. The molecule has 0 aliphatic carbocycles. The van der Waals surface area contributed by atoms with E-state index in [2.05, 4.69) is 25.6 Å². The molecule has 8 heteroatoms. The summed E-state index contributed by atoms with van der Waals surface area (Å²) < 4.78 is 1.43. The molecular weight excluding hydrogens is 332 g/mol. The van der Waals surface area contributed by atoms with Crippen molar-refractivity contribution in [1.82, 2.24) is 24.7 Å². The zero-order chi connectivity index (χ0) is 17.9. The Balaban J connectivity index is 1.38. The summed E-state index contributed by atoms with van der Waals surface area (Å²) in [5.74, 6) is 0.426. The molecular formula is C18H16N6O2. The van der Waals surface area contributed by atoms with Crippen LogP contribution in [-0.4, -0.2) is 31.8 Å². The van der Waals surface area contributed by atoms with Crippen molar-refractivity contribution >= 4 is 28.3 Å². The number of H-pyrrole nitrogens is 1. The van der Waals surface area contributed by atoms with Crippen LogP contribution in [0.3, 0.4) is 0 Å². The summed E-state index contributed by atoms with van der Waals surface area (Å²) in [5.41, 5.74) is 2.35. The van der Waals surface area contributed by atoms with Gasteiger partial charge in [0.2, 0.25) is 5.91 Å². The number of nitrogens with zero attached hydrogens (tertiary/aromatic N) is 3. The lowest BCUT2D eigenvalue weighted by Gasteiger charge is -2.07. The Bertz CT molecular complexity index is 1110. The van der Waals surface area contributed by atoms with E-state index in [1.54, 1.807) is 24.4 Å². The van der Waals surface area contributed by atoms with Crippen LogP contribution in [0.15, 0.2) is 59.7 Å². The van der Waals surface area contributed by atoms with Gasteiger partial charge in [0.15, 0.2) is 0 Å². The Morgan fingerprint density at radius 1 is 1.15 bits per heavy atom. The van der Waals surface area contributed by atoms with Crippen LogP contribution < -0.4 is 16.2 Å². The number of nitrogens with one attached hydrogen (secondary N) is 3. The summed E-state index contributed by atoms with van der Waals surface area (Å²) in [5, 5.41) is 5.59. The number of benzene rings is 1. The second-order valence-electron chi connectivity index (χ2n) is 5.74. The zero-order valence-electron chi connectivity index (χ0n) is 13.8. The number of rotatable bonds is 5. The lowest BCUT2D eigenvalue weighted by Crippen LogP contribution is -2.31. The summed E-state index contributed by atoms with van der Waals surface area (Å²) in [4.78, 5) is 36.1. The van der Waals surface area contributed by atoms with E-state index >= 15 is 0 Å². The lowest BCUT2D eigenvalue weighted by molar-refractivity contribution is -0.119. The molecule has 3 aromatic heterocycles. The van der Waals surface area contributed by atoms with E-state index < -0.39 is 0 Å². The molecule has 1 amide bonds. The highest BCUT2D eigenvalue weighted by molar-refractivity contribution is 5.80. The maximum absolute atomic E-state index is 12.3. The van der Waals surface area contributed by atoms with Crippen LogP contribution in [0.1, 0.15) is 5.82 Å². The number of hydrogen-bond acceptors (Lipinski definition) is 5. The number of anilines is 1. The maximum atomic E-state index is 12.3. The maximum Gasteiger partial charge on any atom is 0.281 e. The standard InChI is InChI=1S/C18H16N6O2/c25-17(21-10-15-22-12-5-1-2-6-13(12)23-15)11-19-14-9-20-16-7-3-4-8-24(16)18(14)26/h1-9,19H,10-11H2,(H,21,25)(H,22,23). The minimum atomic E-state index is -0.249. The Morgan fingerprint density at radius 3 is 2.88 bits per heavy atom. The lowest BCUT2D eigenvalue weighted by atomic mass is 10.3. The molecule has 26 heavy (non-hydrogen) atoms. The molecule has 0 saturated heterocycles. The van der Waals surface area contributed by atoms with E-state index in [1.807, 2.05) is 24.3 Å². The number of imidazole rings is 1. The van der Waals surface area contributed by atoms with Crippen molar-refractivity contribution in [3.8, 4) is 0 Å². The molecule has 0 aliphatic heterocycles. The third kappa shape index (κ3) is 3.12. The van der Waals surface area contributed by atoms with Gasteiger partial charge in [-0.25, -0.2) is 9.97 Å². The van der Waals surface area contributed by atoms with Crippen molar-refractivity contribution in [3.63, 3.8) is 0 Å². The third-order valence-electron chi connectivity index (χ3n) is 3.94. The van der Waals surface area contributed by atoms with Gasteiger partial charge in [-0.05, 0) is 24.3 Å². The highest BCUT2D eigenvalue weighted by atomic mass is 16.2. The van der Waals surface area contributed by atoms with E-state index in [4.69, 9.17) is 0 Å². The first-order valence-electron chi connectivity index (χ1n) is 8.11. The third-order valence-corrected chi connectivity index (χ3v) is 3.94. The molecule has 0 spiro atoms. The van der Waals surface area contributed by atoms with E-state index in [-0.39, 0.29) is 30.2 Å². The first-order chi connectivity index (χ1) is 12.7. The molecule has 1 aromatic carbocycles. The second-order valence-corrected chi connectivity index (χ2v) is 5.74. The van der Waals surface area contributed by atoms with E-state index in [9.17, 15) is 9.59 Å². The fourth-order valence-corrected chi connectivity index (χ4v) is 2.66.